The molecule has 12 rings (SSSR count). The Kier molecular flexibility index (Phi) is 33.0. The minimum atomic E-state index is -1.00. The number of thiol groups is 1. The third-order valence-electron chi connectivity index (χ3n) is 10.2. The summed E-state index contributed by atoms with van der Waals surface area (Å²) in [4.78, 5) is 52.5. The van der Waals surface area contributed by atoms with Crippen molar-refractivity contribution in [1.29, 1.82) is 0 Å². The number of hydrogen-bond acceptors (Lipinski definition) is 24. The number of fused-ring (bicyclic) bond motifs is 3. The molecule has 1 radical (unpaired) electrons. The van der Waals surface area contributed by atoms with Gasteiger partial charge in [0, 0.05) is 83.0 Å². The molecule has 2 fully saturated rings. The molecular weight excluding hydrogens is 1300 g/mol. The number of carbonyl (C=O) groups is 3. The van der Waals surface area contributed by atoms with Crippen LogP contribution in [0.25, 0.3) is 0 Å². The van der Waals surface area contributed by atoms with Crippen molar-refractivity contribution in [1.82, 2.24) is 68.9 Å². The number of ether oxygens (including phenoxy) is 8. The van der Waals surface area contributed by atoms with E-state index in [1.54, 1.807) is 70.3 Å². The Morgan fingerprint density at radius 3 is 1.79 bits per heavy atom. The van der Waals surface area contributed by atoms with E-state index in [-0.39, 0.29) is 66.2 Å². The van der Waals surface area contributed by atoms with Crippen LogP contribution in [0.15, 0.2) is 96.5 Å². The van der Waals surface area contributed by atoms with Crippen LogP contribution in [0.2, 0.25) is 0 Å². The van der Waals surface area contributed by atoms with E-state index >= 15 is 0 Å². The van der Waals surface area contributed by atoms with Crippen molar-refractivity contribution in [2.75, 3.05) is 73.0 Å². The molecule has 7 aromatic heterocycles. The van der Waals surface area contributed by atoms with E-state index in [9.17, 15) is 28.4 Å². The summed E-state index contributed by atoms with van der Waals surface area (Å²) in [6, 6.07) is 7.69. The van der Waals surface area contributed by atoms with E-state index in [4.69, 9.17) is 66.6 Å². The average Bonchev–Trinajstić information content (AvgIpc) is 4.13. The Morgan fingerprint density at radius 1 is 0.824 bits per heavy atom. The second kappa shape index (κ2) is 39.7. The van der Waals surface area contributed by atoms with Crippen molar-refractivity contribution >= 4 is 81.6 Å². The summed E-state index contributed by atoms with van der Waals surface area (Å²) in [7, 11) is 5.01. The number of aliphatic hydroxyl groups is 4. The van der Waals surface area contributed by atoms with Crippen molar-refractivity contribution in [3.8, 4) is 29.4 Å². The first-order chi connectivity index (χ1) is 41.2. The van der Waals surface area contributed by atoms with Gasteiger partial charge in [0.25, 0.3) is 11.1 Å². The summed E-state index contributed by atoms with van der Waals surface area (Å²) in [5, 5.41) is 62.3. The number of aromatic amines is 3. The molecule has 0 spiro atoms. The Hall–Kier alpha value is -6.81. The number of epoxide rings is 2. The van der Waals surface area contributed by atoms with Crippen LogP contribution in [0.3, 0.4) is 0 Å². The molecule has 5 aliphatic heterocycles. The van der Waals surface area contributed by atoms with Crippen molar-refractivity contribution in [2.24, 2.45) is 4.30 Å². The summed E-state index contributed by atoms with van der Waals surface area (Å²) in [5.41, 5.74) is -0.347. The van der Waals surface area contributed by atoms with Crippen LogP contribution in [-0.2, 0) is 33.8 Å². The molecule has 0 aromatic carbocycles. The molecule has 32 nitrogen and oxygen atoms in total. The fourth-order valence-corrected chi connectivity index (χ4v) is 6.81. The number of alkyl halides is 2. The van der Waals surface area contributed by atoms with Gasteiger partial charge in [-0.25, -0.2) is 28.1 Å². The summed E-state index contributed by atoms with van der Waals surface area (Å²) in [5.74, 6) is 2.58. The fraction of sp³-hybridized carbons (Fsp3) is 0.489. The number of carbonyl (C=O) groups excluding carboxylic acids is 3. The van der Waals surface area contributed by atoms with E-state index in [0.29, 0.717) is 57.2 Å². The van der Waals surface area contributed by atoms with Gasteiger partial charge >= 0.3 is 24.8 Å². The monoisotopic (exact) mass is 1370 g/mol. The molecule has 12 heterocycles. The number of aromatic nitrogens is 14. The Morgan fingerprint density at radius 2 is 1.36 bits per heavy atom. The molecule has 38 heteroatoms. The molecule has 5 aliphatic rings. The van der Waals surface area contributed by atoms with Gasteiger partial charge in [-0.3, -0.25) is 38.6 Å². The Balaban J connectivity index is 0.000000257. The van der Waals surface area contributed by atoms with Gasteiger partial charge < -0.3 is 63.4 Å². The maximum atomic E-state index is 10.8. The van der Waals surface area contributed by atoms with Crippen molar-refractivity contribution < 1.29 is 78.5 Å². The van der Waals surface area contributed by atoms with Gasteiger partial charge in [-0.1, -0.05) is 0 Å². The van der Waals surface area contributed by atoms with E-state index in [1.165, 1.54) is 50.0 Å². The second-order valence-corrected chi connectivity index (χ2v) is 19.2. The van der Waals surface area contributed by atoms with Crippen LogP contribution in [0, 0.1) is 0 Å². The van der Waals surface area contributed by atoms with Gasteiger partial charge in [-0.05, 0) is 31.9 Å². The summed E-state index contributed by atoms with van der Waals surface area (Å²) in [6.45, 7) is 9.65. The van der Waals surface area contributed by atoms with E-state index in [2.05, 4.69) is 102 Å². The molecule has 2 saturated heterocycles. The van der Waals surface area contributed by atoms with Gasteiger partial charge in [-0.15, -0.1) is 21.8 Å². The summed E-state index contributed by atoms with van der Waals surface area (Å²) in [6.07, 6.45) is 10.00. The standard InChI is InChI=1S/C8H11ClN2O3.C8H10N2O3.C7H9BrN2O2.C6H7BrN2O2.C6H8N2O2.C5H6N2O2.C3H4N2O.C3H6O2.CH3F.BHNS/c1-6(12)11-3-2-8(10-11)14-5-7(13)4-9;1-6(11)10-3-2-8(9-10)13-5-7-4-12-7;1-11-5-3-10-7(12-4-5)6(8)2-9-10;7-5-1-8-9-2-4(10)3-11-6(5)9;9-5-3-8-6(10-4-5)1-2-7-8;1-4(8)7-3-2-5(9)6-7;6-3-1-2-4-5-3;4-1-3-2-5-3;1-2;1-2-3/h2-3,7,13H,4-5H2,1H3;2-3,7H,4-5H2,1H3;2,5H,3-4H2,1H3;1,4,10H,2-3H2;1-2,5,9H,3-4H2;2-3H,1H3,(H,6,9);1-2H,(H2,4,5,6);3-4H,1-2H2;1H3;3H/t2*7-;5-;4-;5-;;;3-;;/m00000..1../s1/i;;;;;;;;1D;. The average molecular weight is 1370 g/mol. The molecule has 0 aliphatic carbocycles. The fourth-order valence-electron chi connectivity index (χ4n) is 5.90. The topological polar surface area (TPSA) is 400 Å². The van der Waals surface area contributed by atoms with Crippen molar-refractivity contribution in [3.63, 3.8) is 0 Å². The number of H-pyrrole nitrogens is 3. The molecule has 7 N–H and O–H groups in total. The molecule has 0 unspecified atom stereocenters. The van der Waals surface area contributed by atoms with E-state index in [0.717, 1.165) is 49.8 Å². The van der Waals surface area contributed by atoms with E-state index in [1.807, 2.05) is 0 Å². The molecule has 467 valence electrons. The first kappa shape index (κ1) is 70.7. The summed E-state index contributed by atoms with van der Waals surface area (Å²) >= 11 is 15.2. The number of halogens is 4. The molecule has 6 atom stereocenters. The number of nitrogens with one attached hydrogen (secondary N) is 3. The molecule has 0 amide bonds. The predicted molar refractivity (Wildman–Crippen MR) is 310 cm³/mol. The van der Waals surface area contributed by atoms with Crippen molar-refractivity contribution in [2.45, 2.75) is 77.0 Å². The van der Waals surface area contributed by atoms with Crippen LogP contribution in [0.4, 0.5) is 4.39 Å². The van der Waals surface area contributed by atoms with Crippen LogP contribution in [0.5, 0.6) is 29.4 Å². The molecule has 7 aromatic rings. The molecule has 0 saturated carbocycles. The number of nitrogens with zero attached hydrogens (tertiary/aromatic N) is 12. The zero-order valence-electron chi connectivity index (χ0n) is 47.1. The number of rotatable bonds is 9. The molecular formula is C47H65BBr2ClFN15O17S. The minimum absolute atomic E-state index is 0.0679. The summed E-state index contributed by atoms with van der Waals surface area (Å²) < 4.78 is 69.3. The van der Waals surface area contributed by atoms with Crippen LogP contribution < -0.4 is 34.8 Å². The number of methoxy groups -OCH3 is 1. The second-order valence-electron chi connectivity index (χ2n) is 16.9. The van der Waals surface area contributed by atoms with Gasteiger partial charge in [0.15, 0.2) is 0 Å². The van der Waals surface area contributed by atoms with Crippen LogP contribution >= 0.6 is 56.3 Å². The zero-order chi connectivity index (χ0) is 63.6. The van der Waals surface area contributed by atoms with Crippen LogP contribution in [0.1, 0.15) is 36.5 Å². The molecule has 0 bridgehead atoms. The Labute approximate surface area is 513 Å². The van der Waals surface area contributed by atoms with Crippen LogP contribution in [-0.4, -0.2) is 224 Å². The normalized spacial score (nSPS) is 17.8. The third-order valence-corrected chi connectivity index (χ3v) is 11.6. The SMILES string of the molecule is CC(=O)n1ccc(=O)[nH]1.CC(=O)n1ccc(OC[C@@H](O)CCl)n1.CC(=O)n1ccc(OC[C@@H]2CO2)n1.CO[C@@H]1COc2c(Br)cnn2C1.O=c1cc[nH][nH]1.OC[C@@H]1CO1.O[C@@H]1COc2c(Br)cnn2C1.O[C@@H]1COc2ccnn2C1.[2H]CF.[B]=NS. The predicted octanol–water partition coefficient (Wildman–Crippen LogP) is 1.62. The third kappa shape index (κ3) is 28.3. The quantitative estimate of drug-likeness (QED) is 0.0440. The zero-order valence-corrected chi connectivity index (χ0v) is 50.9. The van der Waals surface area contributed by atoms with E-state index < -0.39 is 25.5 Å². The maximum absolute atomic E-state index is 10.8. The Bertz CT molecular complexity index is 3150. The van der Waals surface area contributed by atoms with Crippen molar-refractivity contribution in [3.05, 3.63) is 103 Å². The molecule has 85 heavy (non-hydrogen) atoms. The first-order valence-electron chi connectivity index (χ1n) is 25.5. The van der Waals surface area contributed by atoms with Gasteiger partial charge in [-0.2, -0.15) is 15.3 Å². The van der Waals surface area contributed by atoms with Gasteiger partial charge in [0.1, 0.15) is 69.7 Å². The number of hydrogen-bond donors (Lipinski definition) is 8. The first-order valence-corrected chi connectivity index (χ1v) is 27.3. The number of aliphatic hydroxyl groups excluding tert-OH is 4. The van der Waals surface area contributed by atoms with Gasteiger partial charge in [0.05, 0.1) is 81.4 Å². The van der Waals surface area contributed by atoms with Gasteiger partial charge in [0.2, 0.25) is 47.1 Å².